The zero-order chi connectivity index (χ0) is 17.8. The Labute approximate surface area is 140 Å². The lowest BCUT2D eigenvalue weighted by molar-refractivity contribution is -0.127. The van der Waals surface area contributed by atoms with Gasteiger partial charge in [-0.15, -0.1) is 0 Å². The van der Waals surface area contributed by atoms with E-state index in [9.17, 15) is 14.4 Å². The first-order chi connectivity index (χ1) is 11.5. The maximum absolute atomic E-state index is 12.0. The van der Waals surface area contributed by atoms with E-state index in [0.717, 1.165) is 5.56 Å². The molecule has 0 saturated heterocycles. The normalized spacial score (nSPS) is 11.4. The van der Waals surface area contributed by atoms with Crippen LogP contribution in [-0.2, 0) is 25.7 Å². The summed E-state index contributed by atoms with van der Waals surface area (Å²) in [6.45, 7) is 0.918. The molecule has 0 unspecified atom stereocenters. The summed E-state index contributed by atoms with van der Waals surface area (Å²) in [4.78, 5) is 34.9. The van der Waals surface area contributed by atoms with Gasteiger partial charge in [-0.2, -0.15) is 0 Å². The lowest BCUT2D eigenvalue weighted by atomic mass is 10.2. The number of nitrogens with two attached hydrogens (primary N) is 1. The fraction of sp³-hybridized carbons (Fsp3) is 0.438. The van der Waals surface area contributed by atoms with E-state index in [-0.39, 0.29) is 13.0 Å². The molecule has 1 aromatic carbocycles. The number of primary amides is 1. The van der Waals surface area contributed by atoms with Crippen molar-refractivity contribution in [3.05, 3.63) is 35.9 Å². The van der Waals surface area contributed by atoms with Crippen LogP contribution in [0, 0.1) is 0 Å². The Morgan fingerprint density at radius 3 is 2.54 bits per heavy atom. The van der Waals surface area contributed by atoms with Gasteiger partial charge in [0.2, 0.25) is 11.8 Å². The molecule has 0 aliphatic heterocycles. The van der Waals surface area contributed by atoms with Crippen molar-refractivity contribution in [2.24, 2.45) is 5.73 Å². The van der Waals surface area contributed by atoms with Crippen LogP contribution in [0.3, 0.4) is 0 Å². The molecular weight excluding hydrogens is 314 g/mol. The van der Waals surface area contributed by atoms with E-state index in [1.54, 1.807) is 19.2 Å². The van der Waals surface area contributed by atoms with Crippen LogP contribution in [0.5, 0.6) is 0 Å². The molecule has 0 heterocycles. The summed E-state index contributed by atoms with van der Waals surface area (Å²) in [5.74, 6) is -1.20. The van der Waals surface area contributed by atoms with Gasteiger partial charge in [0, 0.05) is 20.3 Å². The molecule has 0 saturated carbocycles. The van der Waals surface area contributed by atoms with Gasteiger partial charge in [0.15, 0.2) is 0 Å². The molecule has 0 fully saturated rings. The lowest BCUT2D eigenvalue weighted by Crippen LogP contribution is -2.49. The first-order valence-corrected chi connectivity index (χ1v) is 7.55. The highest BCUT2D eigenvalue weighted by atomic mass is 16.5. The Morgan fingerprint density at radius 1 is 1.21 bits per heavy atom. The summed E-state index contributed by atoms with van der Waals surface area (Å²) in [6.07, 6.45) is -0.488. The Hall–Kier alpha value is -2.61. The molecule has 1 atom stereocenters. The summed E-state index contributed by atoms with van der Waals surface area (Å²) >= 11 is 0. The third-order valence-electron chi connectivity index (χ3n) is 3.05. The number of nitrogens with one attached hydrogen (secondary N) is 2. The van der Waals surface area contributed by atoms with Gasteiger partial charge in [-0.1, -0.05) is 30.3 Å². The summed E-state index contributed by atoms with van der Waals surface area (Å²) < 4.78 is 9.90. The van der Waals surface area contributed by atoms with Crippen LogP contribution in [0.4, 0.5) is 4.79 Å². The van der Waals surface area contributed by atoms with E-state index in [0.29, 0.717) is 19.6 Å². The molecule has 0 aliphatic carbocycles. The second-order valence-electron chi connectivity index (χ2n) is 5.07. The molecule has 8 nitrogen and oxygen atoms in total. The minimum absolute atomic E-state index is 0.0609. The maximum atomic E-state index is 12.0. The third kappa shape index (κ3) is 8.14. The Kier molecular flexibility index (Phi) is 8.91. The minimum atomic E-state index is -1.08. The van der Waals surface area contributed by atoms with E-state index in [2.05, 4.69) is 10.6 Å². The number of methoxy groups -OCH3 is 1. The van der Waals surface area contributed by atoms with Gasteiger partial charge < -0.3 is 25.8 Å². The zero-order valence-electron chi connectivity index (χ0n) is 13.6. The molecule has 3 amide bonds. The van der Waals surface area contributed by atoms with E-state index >= 15 is 0 Å². The van der Waals surface area contributed by atoms with Crippen molar-refractivity contribution in [2.75, 3.05) is 20.3 Å². The van der Waals surface area contributed by atoms with E-state index in [1.807, 2.05) is 18.2 Å². The Balaban J connectivity index is 2.46. The first kappa shape index (κ1) is 19.4. The smallest absolute Gasteiger partial charge is 0.408 e. The van der Waals surface area contributed by atoms with Crippen LogP contribution in [0.15, 0.2) is 30.3 Å². The van der Waals surface area contributed by atoms with Crippen molar-refractivity contribution >= 4 is 17.9 Å². The van der Waals surface area contributed by atoms with Crippen molar-refractivity contribution in [1.82, 2.24) is 10.6 Å². The van der Waals surface area contributed by atoms with Crippen LogP contribution in [0.25, 0.3) is 0 Å². The van der Waals surface area contributed by atoms with Gasteiger partial charge >= 0.3 is 6.09 Å². The molecule has 0 bridgehead atoms. The molecule has 0 radical (unpaired) electrons. The highest BCUT2D eigenvalue weighted by molar-refractivity contribution is 5.90. The highest BCUT2D eigenvalue weighted by Crippen LogP contribution is 2.01. The topological polar surface area (TPSA) is 120 Å². The Bertz CT molecular complexity index is 536. The summed E-state index contributed by atoms with van der Waals surface area (Å²) in [5, 5.41) is 4.96. The summed E-state index contributed by atoms with van der Waals surface area (Å²) in [7, 11) is 1.56. The molecule has 0 aromatic heterocycles. The lowest BCUT2D eigenvalue weighted by Gasteiger charge is -2.17. The number of hydrogen-bond acceptors (Lipinski definition) is 5. The number of alkyl carbamates (subject to hydrolysis) is 1. The fourth-order valence-corrected chi connectivity index (χ4v) is 1.87. The SMILES string of the molecule is COCCCNC(=O)[C@H](CC(N)=O)NC(=O)OCc1ccccc1. The Morgan fingerprint density at radius 2 is 1.92 bits per heavy atom. The molecule has 4 N–H and O–H groups in total. The second-order valence-corrected chi connectivity index (χ2v) is 5.07. The predicted molar refractivity (Wildman–Crippen MR) is 86.9 cm³/mol. The molecular formula is C16H23N3O5. The quantitative estimate of drug-likeness (QED) is 0.531. The monoisotopic (exact) mass is 337 g/mol. The first-order valence-electron chi connectivity index (χ1n) is 7.55. The fourth-order valence-electron chi connectivity index (χ4n) is 1.87. The van der Waals surface area contributed by atoms with Crippen LogP contribution >= 0.6 is 0 Å². The van der Waals surface area contributed by atoms with Gasteiger partial charge in [-0.05, 0) is 12.0 Å². The third-order valence-corrected chi connectivity index (χ3v) is 3.05. The number of amides is 3. The molecule has 8 heteroatoms. The number of hydrogen-bond donors (Lipinski definition) is 3. The largest absolute Gasteiger partial charge is 0.445 e. The molecule has 24 heavy (non-hydrogen) atoms. The highest BCUT2D eigenvalue weighted by Gasteiger charge is 2.23. The van der Waals surface area contributed by atoms with Gasteiger partial charge in [-0.3, -0.25) is 9.59 Å². The van der Waals surface area contributed by atoms with Crippen LogP contribution < -0.4 is 16.4 Å². The summed E-state index contributed by atoms with van der Waals surface area (Å²) in [5.41, 5.74) is 5.93. The predicted octanol–water partition coefficient (Wildman–Crippen LogP) is 0.310. The number of carbonyl (C=O) groups excluding carboxylic acids is 3. The van der Waals surface area contributed by atoms with Crippen LogP contribution in [0.2, 0.25) is 0 Å². The average molecular weight is 337 g/mol. The number of benzene rings is 1. The van der Waals surface area contributed by atoms with Gasteiger partial charge in [-0.25, -0.2) is 4.79 Å². The van der Waals surface area contributed by atoms with Crippen LogP contribution in [-0.4, -0.2) is 44.2 Å². The number of ether oxygens (including phenoxy) is 2. The van der Waals surface area contributed by atoms with Gasteiger partial charge in [0.1, 0.15) is 12.6 Å². The van der Waals surface area contributed by atoms with Crippen molar-refractivity contribution in [2.45, 2.75) is 25.5 Å². The summed E-state index contributed by atoms with van der Waals surface area (Å²) in [6, 6.07) is 8.02. The maximum Gasteiger partial charge on any atom is 0.408 e. The number of rotatable bonds is 10. The standard InChI is InChI=1S/C16H23N3O5/c1-23-9-5-8-18-15(21)13(10-14(17)20)19-16(22)24-11-12-6-3-2-4-7-12/h2-4,6-7,13H,5,8-11H2,1H3,(H2,17,20)(H,18,21)(H,19,22)/t13-/m0/s1. The minimum Gasteiger partial charge on any atom is -0.445 e. The molecule has 0 aliphatic rings. The van der Waals surface area contributed by atoms with E-state index < -0.39 is 23.9 Å². The zero-order valence-corrected chi connectivity index (χ0v) is 13.6. The molecule has 1 aromatic rings. The molecule has 132 valence electrons. The van der Waals surface area contributed by atoms with Crippen molar-refractivity contribution < 1.29 is 23.9 Å². The number of carbonyl (C=O) groups is 3. The second kappa shape index (κ2) is 11.0. The van der Waals surface area contributed by atoms with Gasteiger partial charge in [0.05, 0.1) is 6.42 Å². The van der Waals surface area contributed by atoms with E-state index in [1.165, 1.54) is 0 Å². The molecule has 1 rings (SSSR count). The van der Waals surface area contributed by atoms with E-state index in [4.69, 9.17) is 15.2 Å². The van der Waals surface area contributed by atoms with Crippen molar-refractivity contribution in [1.29, 1.82) is 0 Å². The van der Waals surface area contributed by atoms with Crippen molar-refractivity contribution in [3.63, 3.8) is 0 Å². The van der Waals surface area contributed by atoms with Crippen molar-refractivity contribution in [3.8, 4) is 0 Å². The average Bonchev–Trinajstić information content (AvgIpc) is 2.56. The van der Waals surface area contributed by atoms with Crippen LogP contribution in [0.1, 0.15) is 18.4 Å². The van der Waals surface area contributed by atoms with Gasteiger partial charge in [0.25, 0.3) is 0 Å². The molecule has 0 spiro atoms.